The van der Waals surface area contributed by atoms with Crippen LogP contribution < -0.4 is 5.73 Å². The molecule has 0 fully saturated rings. The summed E-state index contributed by atoms with van der Waals surface area (Å²) in [4.78, 5) is 34.5. The van der Waals surface area contributed by atoms with Crippen molar-refractivity contribution in [1.82, 2.24) is 0 Å². The summed E-state index contributed by atoms with van der Waals surface area (Å²) >= 11 is 0. The Labute approximate surface area is 136 Å². The molecule has 0 heterocycles. The van der Waals surface area contributed by atoms with Gasteiger partial charge in [-0.05, 0) is 26.7 Å². The number of primary amides is 1. The summed E-state index contributed by atoms with van der Waals surface area (Å²) in [6.07, 6.45) is -0.403. The summed E-state index contributed by atoms with van der Waals surface area (Å²) in [5.74, 6) is -2.10. The van der Waals surface area contributed by atoms with E-state index in [9.17, 15) is 19.5 Å². The number of aliphatic hydroxyl groups excluding tert-OH is 1. The zero-order chi connectivity index (χ0) is 18.2. The molecule has 0 aromatic heterocycles. The van der Waals surface area contributed by atoms with Crippen LogP contribution in [0.15, 0.2) is 12.2 Å². The molecule has 132 valence electrons. The first-order valence-electron chi connectivity index (χ1n) is 7.50. The molecular formula is C16H27NO6. The number of carbonyl (C=O) groups excluding carboxylic acids is 3. The van der Waals surface area contributed by atoms with Crippen LogP contribution in [0.3, 0.4) is 0 Å². The minimum absolute atomic E-state index is 0.216. The third-order valence-corrected chi connectivity index (χ3v) is 3.68. The highest BCUT2D eigenvalue weighted by atomic mass is 16.6. The first kappa shape index (κ1) is 21.1. The third kappa shape index (κ3) is 7.27. The van der Waals surface area contributed by atoms with Crippen LogP contribution in [0.4, 0.5) is 0 Å². The molecule has 0 saturated heterocycles. The van der Waals surface area contributed by atoms with Crippen LogP contribution >= 0.6 is 0 Å². The van der Waals surface area contributed by atoms with E-state index in [1.807, 2.05) is 0 Å². The highest BCUT2D eigenvalue weighted by Crippen LogP contribution is 2.31. The lowest BCUT2D eigenvalue weighted by Crippen LogP contribution is -2.36. The van der Waals surface area contributed by atoms with E-state index < -0.39 is 35.3 Å². The summed E-state index contributed by atoms with van der Waals surface area (Å²) < 4.78 is 9.84. The van der Waals surface area contributed by atoms with Gasteiger partial charge in [-0.2, -0.15) is 0 Å². The normalized spacial score (nSPS) is 15.9. The van der Waals surface area contributed by atoms with Gasteiger partial charge in [-0.3, -0.25) is 9.59 Å². The smallest absolute Gasteiger partial charge is 0.333 e. The largest absolute Gasteiger partial charge is 0.462 e. The minimum Gasteiger partial charge on any atom is -0.462 e. The molecule has 0 spiro atoms. The molecule has 0 bridgehead atoms. The monoisotopic (exact) mass is 329 g/mol. The first-order chi connectivity index (χ1) is 10.5. The van der Waals surface area contributed by atoms with Gasteiger partial charge in [-0.1, -0.05) is 20.4 Å². The Bertz CT molecular complexity index is 461. The van der Waals surface area contributed by atoms with Gasteiger partial charge in [0.1, 0.15) is 19.3 Å². The maximum absolute atomic E-state index is 12.2. The lowest BCUT2D eigenvalue weighted by molar-refractivity contribution is -0.161. The maximum Gasteiger partial charge on any atom is 0.333 e. The van der Waals surface area contributed by atoms with Gasteiger partial charge < -0.3 is 20.3 Å². The molecule has 7 heteroatoms. The number of hydrogen-bond acceptors (Lipinski definition) is 6. The van der Waals surface area contributed by atoms with E-state index >= 15 is 0 Å². The fraction of sp³-hybridized carbons (Fsp3) is 0.688. The number of rotatable bonds is 10. The molecule has 0 rings (SSSR count). The second-order valence-electron chi connectivity index (χ2n) is 6.05. The highest BCUT2D eigenvalue weighted by molar-refractivity contribution is 5.86. The van der Waals surface area contributed by atoms with Crippen LogP contribution in [-0.4, -0.2) is 42.3 Å². The highest BCUT2D eigenvalue weighted by Gasteiger charge is 2.36. The van der Waals surface area contributed by atoms with Crippen molar-refractivity contribution in [2.75, 3.05) is 13.2 Å². The Morgan fingerprint density at radius 1 is 1.26 bits per heavy atom. The van der Waals surface area contributed by atoms with Crippen molar-refractivity contribution >= 4 is 17.8 Å². The van der Waals surface area contributed by atoms with E-state index in [0.717, 1.165) is 0 Å². The third-order valence-electron chi connectivity index (χ3n) is 3.68. The van der Waals surface area contributed by atoms with E-state index in [0.29, 0.717) is 6.42 Å². The molecule has 3 N–H and O–H groups in total. The van der Waals surface area contributed by atoms with Crippen molar-refractivity contribution in [2.24, 2.45) is 17.1 Å². The number of amides is 1. The zero-order valence-electron chi connectivity index (χ0n) is 14.3. The van der Waals surface area contributed by atoms with Crippen molar-refractivity contribution in [3.63, 3.8) is 0 Å². The van der Waals surface area contributed by atoms with E-state index in [4.69, 9.17) is 15.2 Å². The molecule has 0 aliphatic carbocycles. The molecule has 7 nitrogen and oxygen atoms in total. The van der Waals surface area contributed by atoms with Crippen molar-refractivity contribution in [2.45, 2.75) is 46.6 Å². The van der Waals surface area contributed by atoms with Gasteiger partial charge in [0.15, 0.2) is 0 Å². The van der Waals surface area contributed by atoms with Crippen molar-refractivity contribution < 1.29 is 29.0 Å². The molecule has 23 heavy (non-hydrogen) atoms. The Morgan fingerprint density at radius 2 is 1.78 bits per heavy atom. The van der Waals surface area contributed by atoms with Gasteiger partial charge in [0.05, 0.1) is 5.41 Å². The number of nitrogens with two attached hydrogens (primary N) is 1. The van der Waals surface area contributed by atoms with Crippen molar-refractivity contribution in [3.8, 4) is 0 Å². The number of carbonyl (C=O) groups is 3. The standard InChI is InChI=1S/C16H27NO6/c1-6-16(5,7-11(4)13(17)19)15(21)23-9-12(18)8-22-14(20)10(2)3/h11-12,18H,2,6-9H2,1,3-5H3,(H2,17,19)/t11?,12?,16-/m0/s1. The summed E-state index contributed by atoms with van der Waals surface area (Å²) in [6.45, 7) is 9.44. The number of aliphatic hydroxyl groups is 1. The topological polar surface area (TPSA) is 116 Å². The fourth-order valence-corrected chi connectivity index (χ4v) is 1.84. The Kier molecular flexibility index (Phi) is 8.53. The Hall–Kier alpha value is -1.89. The van der Waals surface area contributed by atoms with Gasteiger partial charge >= 0.3 is 11.9 Å². The number of ether oxygens (including phenoxy) is 2. The molecule has 2 unspecified atom stereocenters. The molecule has 3 atom stereocenters. The van der Waals surface area contributed by atoms with Gasteiger partial charge in [0, 0.05) is 11.5 Å². The molecule has 0 aliphatic rings. The summed E-state index contributed by atoms with van der Waals surface area (Å²) in [6, 6.07) is 0. The van der Waals surface area contributed by atoms with E-state index in [1.54, 1.807) is 20.8 Å². The number of hydrogen-bond donors (Lipinski definition) is 2. The quantitative estimate of drug-likeness (QED) is 0.455. The van der Waals surface area contributed by atoms with E-state index in [2.05, 4.69) is 6.58 Å². The van der Waals surface area contributed by atoms with E-state index in [1.165, 1.54) is 6.92 Å². The lowest BCUT2D eigenvalue weighted by atomic mass is 9.79. The van der Waals surface area contributed by atoms with Gasteiger partial charge in [-0.25, -0.2) is 4.79 Å². The zero-order valence-corrected chi connectivity index (χ0v) is 14.3. The van der Waals surface area contributed by atoms with Crippen LogP contribution in [0.5, 0.6) is 0 Å². The molecular weight excluding hydrogens is 302 g/mol. The molecule has 0 saturated carbocycles. The van der Waals surface area contributed by atoms with Gasteiger partial charge in [0.2, 0.25) is 5.91 Å². The van der Waals surface area contributed by atoms with Crippen LogP contribution in [0.25, 0.3) is 0 Å². The minimum atomic E-state index is -1.13. The average molecular weight is 329 g/mol. The Balaban J connectivity index is 4.46. The molecule has 0 aliphatic heterocycles. The average Bonchev–Trinajstić information content (AvgIpc) is 2.49. The lowest BCUT2D eigenvalue weighted by Gasteiger charge is -2.28. The first-order valence-corrected chi connectivity index (χ1v) is 7.50. The summed E-state index contributed by atoms with van der Waals surface area (Å²) in [5.41, 5.74) is 4.57. The Morgan fingerprint density at radius 3 is 2.22 bits per heavy atom. The molecule has 0 aromatic carbocycles. The van der Waals surface area contributed by atoms with Crippen LogP contribution in [-0.2, 0) is 23.9 Å². The maximum atomic E-state index is 12.2. The molecule has 1 amide bonds. The van der Waals surface area contributed by atoms with E-state index in [-0.39, 0.29) is 25.2 Å². The van der Waals surface area contributed by atoms with Crippen molar-refractivity contribution in [3.05, 3.63) is 12.2 Å². The number of esters is 2. The van der Waals surface area contributed by atoms with Gasteiger partial charge in [-0.15, -0.1) is 0 Å². The predicted molar refractivity (Wildman–Crippen MR) is 84.1 cm³/mol. The molecule has 0 aromatic rings. The second kappa shape index (κ2) is 9.29. The van der Waals surface area contributed by atoms with Crippen molar-refractivity contribution in [1.29, 1.82) is 0 Å². The second-order valence-corrected chi connectivity index (χ2v) is 6.05. The van der Waals surface area contributed by atoms with Crippen LogP contribution in [0.1, 0.15) is 40.5 Å². The van der Waals surface area contributed by atoms with Crippen LogP contribution in [0.2, 0.25) is 0 Å². The molecule has 0 radical (unpaired) electrons. The SMILES string of the molecule is C=C(C)C(=O)OCC(O)COC(=O)[C@@](C)(CC)CC(C)C(N)=O. The van der Waals surface area contributed by atoms with Crippen LogP contribution in [0, 0.1) is 11.3 Å². The predicted octanol–water partition coefficient (Wildman–Crippen LogP) is 0.938. The summed E-state index contributed by atoms with van der Waals surface area (Å²) in [7, 11) is 0. The summed E-state index contributed by atoms with van der Waals surface area (Å²) in [5, 5.41) is 9.68. The fourth-order valence-electron chi connectivity index (χ4n) is 1.84. The van der Waals surface area contributed by atoms with Gasteiger partial charge in [0.25, 0.3) is 0 Å².